The molecule has 3 rings (SSSR count). The van der Waals surface area contributed by atoms with E-state index in [-0.39, 0.29) is 34.0 Å². The number of esters is 1. The molecule has 1 saturated heterocycles. The maximum atomic E-state index is 13.4. The van der Waals surface area contributed by atoms with E-state index in [4.69, 9.17) is 27.9 Å². The number of hydrogen-bond acceptors (Lipinski definition) is 3. The minimum Gasteiger partial charge on any atom is -0.462 e. The summed E-state index contributed by atoms with van der Waals surface area (Å²) < 4.78 is 18.6. The summed E-state index contributed by atoms with van der Waals surface area (Å²) in [6.07, 6.45) is 2.49. The summed E-state index contributed by atoms with van der Waals surface area (Å²) in [5.74, 6) is -1.35. The Morgan fingerprint density at radius 1 is 1.32 bits per heavy atom. The summed E-state index contributed by atoms with van der Waals surface area (Å²) >= 11 is 11.5. The van der Waals surface area contributed by atoms with Crippen LogP contribution in [0, 0.1) is 11.7 Å². The molecule has 1 saturated carbocycles. The van der Waals surface area contributed by atoms with E-state index in [1.165, 1.54) is 6.07 Å². The molecule has 7 heteroatoms. The maximum absolute atomic E-state index is 13.4. The van der Waals surface area contributed by atoms with Crippen molar-refractivity contribution in [3.05, 3.63) is 33.6 Å². The molecule has 118 valence electrons. The van der Waals surface area contributed by atoms with E-state index in [1.54, 1.807) is 0 Å². The zero-order valence-corrected chi connectivity index (χ0v) is 13.2. The molecule has 2 fully saturated rings. The van der Waals surface area contributed by atoms with Gasteiger partial charge in [-0.25, -0.2) is 9.18 Å². The molecular formula is C15H14Cl2FNO3. The first-order valence-corrected chi connectivity index (χ1v) is 7.82. The van der Waals surface area contributed by atoms with Gasteiger partial charge in [0.1, 0.15) is 5.82 Å². The fraction of sp³-hybridized carbons (Fsp3) is 0.467. The highest BCUT2D eigenvalue weighted by Gasteiger charge is 2.39. The Labute approximate surface area is 137 Å². The lowest BCUT2D eigenvalue weighted by Gasteiger charge is -2.15. The van der Waals surface area contributed by atoms with Crippen molar-refractivity contribution in [1.82, 2.24) is 4.90 Å². The van der Waals surface area contributed by atoms with E-state index in [2.05, 4.69) is 0 Å². The number of amides is 1. The summed E-state index contributed by atoms with van der Waals surface area (Å²) in [5, 5.41) is -0.110. The van der Waals surface area contributed by atoms with Crippen LogP contribution in [0.25, 0.3) is 0 Å². The zero-order valence-electron chi connectivity index (χ0n) is 11.7. The summed E-state index contributed by atoms with van der Waals surface area (Å²) in [6, 6.07) is 2.50. The molecule has 1 aliphatic carbocycles. The molecule has 0 radical (unpaired) electrons. The van der Waals surface area contributed by atoms with Gasteiger partial charge in [-0.15, -0.1) is 0 Å². The highest BCUT2D eigenvalue weighted by Crippen LogP contribution is 2.33. The molecule has 1 aromatic carbocycles. The number of hydrogen-bond donors (Lipinski definition) is 0. The molecule has 2 aliphatic rings. The first-order valence-electron chi connectivity index (χ1n) is 7.07. The lowest BCUT2D eigenvalue weighted by Crippen LogP contribution is -2.28. The third kappa shape index (κ3) is 3.20. The molecule has 4 nitrogen and oxygen atoms in total. The Hall–Kier alpha value is -1.33. The van der Waals surface area contributed by atoms with Crippen LogP contribution in [0.4, 0.5) is 4.39 Å². The monoisotopic (exact) mass is 345 g/mol. The van der Waals surface area contributed by atoms with Crippen LogP contribution in [-0.4, -0.2) is 36.0 Å². The van der Waals surface area contributed by atoms with Gasteiger partial charge in [-0.05, 0) is 25.0 Å². The number of likely N-dealkylation sites (tertiary alicyclic amines) is 1. The van der Waals surface area contributed by atoms with Crippen molar-refractivity contribution in [2.75, 3.05) is 13.2 Å². The third-order valence-corrected chi connectivity index (χ3v) is 4.51. The van der Waals surface area contributed by atoms with Gasteiger partial charge in [0, 0.05) is 24.9 Å². The number of benzene rings is 1. The predicted octanol–water partition coefficient (Wildman–Crippen LogP) is 3.30. The van der Waals surface area contributed by atoms with E-state index in [9.17, 15) is 14.0 Å². The molecule has 0 aromatic heterocycles. The number of ether oxygens (including phenoxy) is 1. The van der Waals surface area contributed by atoms with E-state index in [1.807, 2.05) is 4.90 Å². The van der Waals surface area contributed by atoms with Crippen molar-refractivity contribution >= 4 is 35.1 Å². The molecule has 1 heterocycles. The Bertz CT molecular complexity index is 633. The molecule has 22 heavy (non-hydrogen) atoms. The number of carbonyl (C=O) groups excluding carboxylic acids is 2. The molecule has 0 N–H and O–H groups in total. The van der Waals surface area contributed by atoms with Crippen LogP contribution >= 0.6 is 23.2 Å². The maximum Gasteiger partial charge on any atom is 0.339 e. The standard InChI is InChI=1S/C15H14Cl2FNO3/c16-11-5-12(17)13(18)4-10(11)15(21)22-7-8-3-14(20)19(6-8)9-1-2-9/h4-5,8-9H,1-3,6-7H2/t8-/m1/s1. The number of rotatable bonds is 4. The Balaban J connectivity index is 1.59. The molecule has 0 bridgehead atoms. The Morgan fingerprint density at radius 3 is 2.73 bits per heavy atom. The Morgan fingerprint density at radius 2 is 2.05 bits per heavy atom. The van der Waals surface area contributed by atoms with E-state index in [0.29, 0.717) is 19.0 Å². The summed E-state index contributed by atoms with van der Waals surface area (Å²) in [6.45, 7) is 0.730. The Kier molecular flexibility index (Phi) is 4.28. The summed E-state index contributed by atoms with van der Waals surface area (Å²) in [7, 11) is 0. The topological polar surface area (TPSA) is 46.6 Å². The first-order chi connectivity index (χ1) is 10.5. The van der Waals surface area contributed by atoms with Crippen LogP contribution < -0.4 is 0 Å². The van der Waals surface area contributed by atoms with Gasteiger partial charge in [-0.3, -0.25) is 4.79 Å². The second kappa shape index (κ2) is 6.05. The van der Waals surface area contributed by atoms with Gasteiger partial charge in [0.2, 0.25) is 5.91 Å². The van der Waals surface area contributed by atoms with Gasteiger partial charge in [0.05, 0.1) is 22.2 Å². The van der Waals surface area contributed by atoms with Crippen LogP contribution in [0.15, 0.2) is 12.1 Å². The average Bonchev–Trinajstić information content (AvgIpc) is 3.24. The van der Waals surface area contributed by atoms with E-state index < -0.39 is 11.8 Å². The number of nitrogens with zero attached hydrogens (tertiary/aromatic N) is 1. The van der Waals surface area contributed by atoms with Crippen molar-refractivity contribution in [3.8, 4) is 0 Å². The first kappa shape index (κ1) is 15.6. The molecule has 1 aromatic rings. The minimum atomic E-state index is -0.728. The molecule has 1 amide bonds. The number of carbonyl (C=O) groups is 2. The lowest BCUT2D eigenvalue weighted by molar-refractivity contribution is -0.128. The highest BCUT2D eigenvalue weighted by molar-refractivity contribution is 6.36. The largest absolute Gasteiger partial charge is 0.462 e. The van der Waals surface area contributed by atoms with E-state index in [0.717, 1.165) is 18.9 Å². The van der Waals surface area contributed by atoms with Gasteiger partial charge in [0.15, 0.2) is 0 Å². The van der Waals surface area contributed by atoms with Gasteiger partial charge in [-0.1, -0.05) is 23.2 Å². The third-order valence-electron chi connectivity index (χ3n) is 3.91. The number of halogens is 3. The highest BCUT2D eigenvalue weighted by atomic mass is 35.5. The van der Waals surface area contributed by atoms with Crippen LogP contribution in [0.2, 0.25) is 10.0 Å². The van der Waals surface area contributed by atoms with Gasteiger partial charge in [-0.2, -0.15) is 0 Å². The zero-order chi connectivity index (χ0) is 15.9. The predicted molar refractivity (Wildman–Crippen MR) is 79.5 cm³/mol. The van der Waals surface area contributed by atoms with Crippen LogP contribution in [0.1, 0.15) is 29.6 Å². The quantitative estimate of drug-likeness (QED) is 0.621. The van der Waals surface area contributed by atoms with Gasteiger partial charge >= 0.3 is 5.97 Å². The molecule has 0 unspecified atom stereocenters. The normalized spacial score (nSPS) is 21.3. The second-order valence-corrected chi connectivity index (χ2v) is 6.51. The van der Waals surface area contributed by atoms with Crippen LogP contribution in [-0.2, 0) is 9.53 Å². The minimum absolute atomic E-state index is 0.0204. The second-order valence-electron chi connectivity index (χ2n) is 5.69. The molecule has 0 spiro atoms. The van der Waals surface area contributed by atoms with Crippen molar-refractivity contribution in [3.63, 3.8) is 0 Å². The van der Waals surface area contributed by atoms with Crippen molar-refractivity contribution in [1.29, 1.82) is 0 Å². The summed E-state index contributed by atoms with van der Waals surface area (Å²) in [5.41, 5.74) is -0.0630. The fourth-order valence-corrected chi connectivity index (χ4v) is 3.07. The van der Waals surface area contributed by atoms with Gasteiger partial charge < -0.3 is 9.64 Å². The molecule has 1 atom stereocenters. The average molecular weight is 346 g/mol. The van der Waals surface area contributed by atoms with Crippen LogP contribution in [0.3, 0.4) is 0 Å². The molecular weight excluding hydrogens is 332 g/mol. The van der Waals surface area contributed by atoms with Crippen molar-refractivity contribution < 1.29 is 18.7 Å². The van der Waals surface area contributed by atoms with Crippen LogP contribution in [0.5, 0.6) is 0 Å². The smallest absolute Gasteiger partial charge is 0.339 e. The van der Waals surface area contributed by atoms with E-state index >= 15 is 0 Å². The fourth-order valence-electron chi connectivity index (χ4n) is 2.61. The van der Waals surface area contributed by atoms with Crippen molar-refractivity contribution in [2.45, 2.75) is 25.3 Å². The lowest BCUT2D eigenvalue weighted by atomic mass is 10.1. The molecule has 1 aliphatic heterocycles. The van der Waals surface area contributed by atoms with Gasteiger partial charge in [0.25, 0.3) is 0 Å². The SMILES string of the molecule is O=C(OC[C@@H]1CC(=O)N(C2CC2)C1)c1cc(F)c(Cl)cc1Cl. The summed E-state index contributed by atoms with van der Waals surface area (Å²) in [4.78, 5) is 25.7. The van der Waals surface area contributed by atoms with Crippen molar-refractivity contribution in [2.24, 2.45) is 5.92 Å².